The molecule has 1 saturated heterocycles. The summed E-state index contributed by atoms with van der Waals surface area (Å²) in [4.78, 5) is 27.7. The highest BCUT2D eigenvalue weighted by atomic mass is 32.1. The molecule has 2 fully saturated rings. The van der Waals surface area contributed by atoms with Gasteiger partial charge in [0.1, 0.15) is 5.82 Å². The molecule has 6 rings (SSSR count). The van der Waals surface area contributed by atoms with Gasteiger partial charge in [-0.15, -0.1) is 10.2 Å². The van der Waals surface area contributed by atoms with Crippen molar-refractivity contribution in [1.29, 1.82) is 0 Å². The van der Waals surface area contributed by atoms with Gasteiger partial charge in [-0.25, -0.2) is 4.98 Å². The quantitative estimate of drug-likeness (QED) is 0.374. The van der Waals surface area contributed by atoms with Crippen LogP contribution in [0.3, 0.4) is 0 Å². The number of nitrogens with zero attached hydrogens (tertiary/aromatic N) is 6. The van der Waals surface area contributed by atoms with E-state index < -0.39 is 6.10 Å². The molecule has 3 aromatic heterocycles. The first kappa shape index (κ1) is 21.8. The van der Waals surface area contributed by atoms with Crippen LogP contribution in [0.1, 0.15) is 35.5 Å². The maximum atomic E-state index is 12.8. The van der Waals surface area contributed by atoms with Gasteiger partial charge >= 0.3 is 0 Å². The van der Waals surface area contributed by atoms with E-state index in [4.69, 9.17) is 0 Å². The number of amides is 1. The summed E-state index contributed by atoms with van der Waals surface area (Å²) in [7, 11) is 0. The van der Waals surface area contributed by atoms with Gasteiger partial charge in [-0.2, -0.15) is 0 Å². The molecule has 178 valence electrons. The van der Waals surface area contributed by atoms with Crippen LogP contribution < -0.4 is 10.6 Å². The monoisotopic (exact) mass is 488 g/mol. The molecule has 0 radical (unpaired) electrons. The van der Waals surface area contributed by atoms with Crippen LogP contribution in [0.2, 0.25) is 0 Å². The van der Waals surface area contributed by atoms with E-state index in [1.807, 2.05) is 24.3 Å². The Bertz CT molecular complexity index is 1390. The Hall–Kier alpha value is -3.70. The molecule has 1 unspecified atom stereocenters. The Labute approximate surface area is 205 Å². The lowest BCUT2D eigenvalue weighted by Crippen LogP contribution is -2.29. The number of anilines is 3. The van der Waals surface area contributed by atoms with Gasteiger partial charge in [-0.05, 0) is 43.9 Å². The number of aliphatic hydroxyl groups excluding tert-OH is 1. The number of fused-ring (bicyclic) bond motifs is 1. The van der Waals surface area contributed by atoms with E-state index in [0.29, 0.717) is 41.4 Å². The molecule has 1 saturated carbocycles. The van der Waals surface area contributed by atoms with Crippen molar-refractivity contribution < 1.29 is 9.90 Å². The fourth-order valence-electron chi connectivity index (χ4n) is 4.26. The molecule has 1 aromatic carbocycles. The zero-order valence-electron chi connectivity index (χ0n) is 18.9. The van der Waals surface area contributed by atoms with Crippen molar-refractivity contribution in [2.45, 2.75) is 37.8 Å². The molecule has 1 aliphatic heterocycles. The lowest BCUT2D eigenvalue weighted by Gasteiger charge is -2.28. The second kappa shape index (κ2) is 9.16. The summed E-state index contributed by atoms with van der Waals surface area (Å²) in [6.45, 7) is 0.871. The molecule has 0 spiro atoms. The molecule has 2 aliphatic rings. The van der Waals surface area contributed by atoms with Crippen LogP contribution in [0.5, 0.6) is 0 Å². The molecular weight excluding hydrogens is 464 g/mol. The average molecular weight is 489 g/mol. The Balaban J connectivity index is 1.27. The number of aromatic nitrogens is 5. The first-order chi connectivity index (χ1) is 17.1. The molecule has 1 atom stereocenters. The van der Waals surface area contributed by atoms with Crippen molar-refractivity contribution in [3.63, 3.8) is 0 Å². The van der Waals surface area contributed by atoms with Crippen molar-refractivity contribution in [3.8, 4) is 10.6 Å². The number of likely N-dealkylation sites (tertiary alicyclic amines) is 1. The van der Waals surface area contributed by atoms with E-state index in [9.17, 15) is 9.90 Å². The maximum Gasteiger partial charge on any atom is 0.284 e. The number of hydrogen-bond donors (Lipinski definition) is 3. The molecule has 11 heteroatoms. The van der Waals surface area contributed by atoms with Crippen molar-refractivity contribution in [2.75, 3.05) is 23.7 Å². The number of β-amino-alcohol motifs (C(OH)–C–C–N with tert-alkyl or cyclic N) is 1. The fraction of sp³-hybridized carbons (Fsp3) is 0.333. The van der Waals surface area contributed by atoms with Crippen LogP contribution >= 0.6 is 11.3 Å². The number of nitrogens with one attached hydrogen (secondary N) is 2. The Morgan fingerprint density at radius 2 is 1.91 bits per heavy atom. The zero-order chi connectivity index (χ0) is 23.8. The minimum Gasteiger partial charge on any atom is -0.391 e. The number of rotatable bonds is 6. The van der Waals surface area contributed by atoms with Gasteiger partial charge in [0.05, 0.1) is 22.7 Å². The largest absolute Gasteiger partial charge is 0.391 e. The minimum absolute atomic E-state index is 0.190. The van der Waals surface area contributed by atoms with Gasteiger partial charge in [0, 0.05) is 55.2 Å². The molecule has 0 bridgehead atoms. The molecule has 4 heterocycles. The Morgan fingerprint density at radius 3 is 2.69 bits per heavy atom. The van der Waals surface area contributed by atoms with Crippen molar-refractivity contribution in [1.82, 2.24) is 30.0 Å². The summed E-state index contributed by atoms with van der Waals surface area (Å²) in [6.07, 6.45) is 8.68. The summed E-state index contributed by atoms with van der Waals surface area (Å²) in [5.74, 6) is 0.495. The van der Waals surface area contributed by atoms with E-state index >= 15 is 0 Å². The van der Waals surface area contributed by atoms with Gasteiger partial charge in [0.15, 0.2) is 5.01 Å². The van der Waals surface area contributed by atoms with Crippen LogP contribution in [0.4, 0.5) is 17.2 Å². The minimum atomic E-state index is -0.469. The molecule has 1 amide bonds. The molecule has 10 nitrogen and oxygen atoms in total. The highest BCUT2D eigenvalue weighted by Gasteiger charge is 2.28. The predicted octanol–water partition coefficient (Wildman–Crippen LogP) is 3.46. The standard InChI is InChI=1S/C24H24N8O2S/c33-16-6-9-32(13-16)24(34)23-31-30-22(35-23)17-12-27-21(11-19(17)28-14-2-1-3-14)29-15-4-5-18-20(10-15)26-8-7-25-18/h4-5,7-8,10-12,14,16,33H,1-3,6,9,13H2,(H2,27,28,29). The normalized spacial score (nSPS) is 18.0. The van der Waals surface area contributed by atoms with Crippen molar-refractivity contribution in [3.05, 3.63) is 47.9 Å². The van der Waals surface area contributed by atoms with E-state index in [1.165, 1.54) is 17.8 Å². The lowest BCUT2D eigenvalue weighted by atomic mass is 9.93. The Morgan fingerprint density at radius 1 is 1.06 bits per heavy atom. The summed E-state index contributed by atoms with van der Waals surface area (Å²) >= 11 is 1.25. The second-order valence-corrected chi connectivity index (χ2v) is 9.86. The van der Waals surface area contributed by atoms with Gasteiger partial charge in [0.25, 0.3) is 5.91 Å². The van der Waals surface area contributed by atoms with Gasteiger partial charge in [0.2, 0.25) is 5.01 Å². The van der Waals surface area contributed by atoms with Crippen molar-refractivity contribution in [2.24, 2.45) is 0 Å². The van der Waals surface area contributed by atoms with Crippen LogP contribution in [0, 0.1) is 0 Å². The lowest BCUT2D eigenvalue weighted by molar-refractivity contribution is 0.0763. The van der Waals surface area contributed by atoms with E-state index in [0.717, 1.165) is 40.8 Å². The van der Waals surface area contributed by atoms with E-state index in [-0.39, 0.29) is 5.91 Å². The van der Waals surface area contributed by atoms with Gasteiger partial charge in [-0.1, -0.05) is 11.3 Å². The topological polar surface area (TPSA) is 129 Å². The predicted molar refractivity (Wildman–Crippen MR) is 134 cm³/mol. The molecule has 1 aliphatic carbocycles. The zero-order valence-corrected chi connectivity index (χ0v) is 19.7. The molecular formula is C24H24N8O2S. The first-order valence-electron chi connectivity index (χ1n) is 11.7. The summed E-state index contributed by atoms with van der Waals surface area (Å²) in [5.41, 5.74) is 4.21. The summed E-state index contributed by atoms with van der Waals surface area (Å²) in [5, 5.41) is 26.1. The third-order valence-corrected chi connectivity index (χ3v) is 7.34. The number of carbonyl (C=O) groups is 1. The van der Waals surface area contributed by atoms with Crippen LogP contribution in [-0.4, -0.2) is 66.3 Å². The SMILES string of the molecule is O=C(c1nnc(-c2cnc(Nc3ccc4nccnc4c3)cc2NC2CCC2)s1)N1CCC(O)C1. The van der Waals surface area contributed by atoms with Crippen molar-refractivity contribution >= 4 is 45.5 Å². The smallest absolute Gasteiger partial charge is 0.284 e. The van der Waals surface area contributed by atoms with E-state index in [2.05, 4.69) is 35.8 Å². The number of hydrogen-bond acceptors (Lipinski definition) is 10. The van der Waals surface area contributed by atoms with E-state index in [1.54, 1.807) is 23.5 Å². The highest BCUT2D eigenvalue weighted by molar-refractivity contribution is 7.16. The summed E-state index contributed by atoms with van der Waals surface area (Å²) < 4.78 is 0. The Kier molecular flexibility index (Phi) is 5.71. The second-order valence-electron chi connectivity index (χ2n) is 8.88. The number of pyridine rings is 1. The maximum absolute atomic E-state index is 12.8. The average Bonchev–Trinajstić information content (AvgIpc) is 3.51. The molecule has 35 heavy (non-hydrogen) atoms. The van der Waals surface area contributed by atoms with Crippen LogP contribution in [0.15, 0.2) is 42.9 Å². The van der Waals surface area contributed by atoms with Crippen LogP contribution in [0.25, 0.3) is 21.6 Å². The number of aliphatic hydroxyl groups is 1. The first-order valence-corrected chi connectivity index (χ1v) is 12.5. The third kappa shape index (κ3) is 4.52. The fourth-order valence-corrected chi connectivity index (χ4v) is 5.09. The third-order valence-electron chi connectivity index (χ3n) is 6.40. The molecule has 3 N–H and O–H groups in total. The number of carbonyl (C=O) groups excluding carboxylic acids is 1. The highest BCUT2D eigenvalue weighted by Crippen LogP contribution is 2.35. The van der Waals surface area contributed by atoms with Gasteiger partial charge in [-0.3, -0.25) is 14.8 Å². The molecule has 4 aromatic rings. The van der Waals surface area contributed by atoms with Crippen LogP contribution in [-0.2, 0) is 0 Å². The van der Waals surface area contributed by atoms with Gasteiger partial charge < -0.3 is 20.6 Å². The number of benzene rings is 1. The summed E-state index contributed by atoms with van der Waals surface area (Å²) in [6, 6.07) is 8.18.